The summed E-state index contributed by atoms with van der Waals surface area (Å²) in [6.45, 7) is 3.89. The minimum atomic E-state index is -0.610. The number of carbonyl (C=O) groups is 3. The largest absolute Gasteiger partial charge is 0.354 e. The first-order valence-corrected chi connectivity index (χ1v) is 5.42. The van der Waals surface area contributed by atoms with E-state index in [9.17, 15) is 14.4 Å². The fourth-order valence-electron chi connectivity index (χ4n) is 1.44. The summed E-state index contributed by atoms with van der Waals surface area (Å²) in [5, 5.41) is 7.75. The molecule has 1 aliphatic rings. The third kappa shape index (κ3) is 3.22. The normalized spacial score (nSPS) is 21.1. The predicted octanol–water partition coefficient (Wildman–Crippen LogP) is -1.09. The summed E-state index contributed by atoms with van der Waals surface area (Å²) >= 11 is 0. The van der Waals surface area contributed by atoms with Crippen LogP contribution >= 0.6 is 0 Å². The molecule has 2 atom stereocenters. The first-order chi connectivity index (χ1) is 7.54. The molecule has 3 amide bonds. The van der Waals surface area contributed by atoms with Gasteiger partial charge >= 0.3 is 0 Å². The quantitative estimate of drug-likeness (QED) is 0.570. The molecule has 3 N–H and O–H groups in total. The van der Waals surface area contributed by atoms with Crippen LogP contribution in [-0.4, -0.2) is 36.3 Å². The Morgan fingerprint density at radius 1 is 1.56 bits per heavy atom. The van der Waals surface area contributed by atoms with E-state index in [4.69, 9.17) is 0 Å². The average Bonchev–Trinajstić information content (AvgIpc) is 2.64. The van der Waals surface area contributed by atoms with E-state index >= 15 is 0 Å². The molecule has 0 radical (unpaired) electrons. The van der Waals surface area contributed by atoms with Crippen LogP contribution in [0.5, 0.6) is 0 Å². The second-order valence-corrected chi connectivity index (χ2v) is 3.78. The zero-order valence-corrected chi connectivity index (χ0v) is 9.50. The van der Waals surface area contributed by atoms with E-state index < -0.39 is 12.1 Å². The summed E-state index contributed by atoms with van der Waals surface area (Å²) in [6.07, 6.45) is 0.931. The summed E-state index contributed by atoms with van der Waals surface area (Å²) < 4.78 is 0. The van der Waals surface area contributed by atoms with E-state index in [1.165, 1.54) is 0 Å². The van der Waals surface area contributed by atoms with Gasteiger partial charge in [0.1, 0.15) is 12.1 Å². The molecule has 2 unspecified atom stereocenters. The lowest BCUT2D eigenvalue weighted by atomic mass is 10.2. The van der Waals surface area contributed by atoms with Gasteiger partial charge in [-0.25, -0.2) is 0 Å². The van der Waals surface area contributed by atoms with Crippen LogP contribution in [0.25, 0.3) is 0 Å². The molecule has 1 heterocycles. The Balaban J connectivity index is 2.39. The van der Waals surface area contributed by atoms with Crippen LogP contribution in [-0.2, 0) is 14.4 Å². The first kappa shape index (κ1) is 12.5. The van der Waals surface area contributed by atoms with Crippen molar-refractivity contribution in [1.82, 2.24) is 16.0 Å². The second kappa shape index (κ2) is 5.48. The van der Waals surface area contributed by atoms with Gasteiger partial charge in [0.05, 0.1) is 0 Å². The summed E-state index contributed by atoms with van der Waals surface area (Å²) in [5.41, 5.74) is 0. The van der Waals surface area contributed by atoms with Crippen LogP contribution < -0.4 is 16.0 Å². The highest BCUT2D eigenvalue weighted by molar-refractivity contribution is 5.92. The maximum Gasteiger partial charge on any atom is 0.242 e. The Morgan fingerprint density at radius 3 is 2.75 bits per heavy atom. The first-order valence-electron chi connectivity index (χ1n) is 5.42. The lowest BCUT2D eigenvalue weighted by Crippen LogP contribution is -2.49. The molecule has 0 saturated carbocycles. The van der Waals surface area contributed by atoms with Crippen LogP contribution in [0.1, 0.15) is 26.7 Å². The molecule has 1 fully saturated rings. The van der Waals surface area contributed by atoms with E-state index in [1.54, 1.807) is 13.8 Å². The van der Waals surface area contributed by atoms with Gasteiger partial charge in [0.2, 0.25) is 17.7 Å². The molecule has 0 aromatic carbocycles. The van der Waals surface area contributed by atoms with Gasteiger partial charge in [-0.3, -0.25) is 14.4 Å². The topological polar surface area (TPSA) is 87.3 Å². The molecule has 16 heavy (non-hydrogen) atoms. The number of carbonyl (C=O) groups excluding carboxylic acids is 3. The van der Waals surface area contributed by atoms with Crippen LogP contribution in [0.4, 0.5) is 0 Å². The Kier molecular flexibility index (Phi) is 4.28. The van der Waals surface area contributed by atoms with Crippen molar-refractivity contribution < 1.29 is 14.4 Å². The van der Waals surface area contributed by atoms with Crippen molar-refractivity contribution in [3.8, 4) is 0 Å². The smallest absolute Gasteiger partial charge is 0.242 e. The molecule has 90 valence electrons. The summed E-state index contributed by atoms with van der Waals surface area (Å²) in [7, 11) is 0. The van der Waals surface area contributed by atoms with Crippen LogP contribution in [0, 0.1) is 0 Å². The molecule has 0 spiro atoms. The third-order valence-corrected chi connectivity index (χ3v) is 2.46. The highest BCUT2D eigenvalue weighted by atomic mass is 16.2. The SMILES string of the molecule is CCC(=O)NC(C)C(=O)NC1CCNC1=O. The van der Waals surface area contributed by atoms with Gasteiger partial charge in [0, 0.05) is 13.0 Å². The summed E-state index contributed by atoms with van der Waals surface area (Å²) in [6, 6.07) is -1.07. The van der Waals surface area contributed by atoms with Crippen molar-refractivity contribution in [3.05, 3.63) is 0 Å². The van der Waals surface area contributed by atoms with Crippen molar-refractivity contribution in [1.29, 1.82) is 0 Å². The molecular weight excluding hydrogens is 210 g/mol. The van der Waals surface area contributed by atoms with E-state index in [0.29, 0.717) is 19.4 Å². The molecule has 1 saturated heterocycles. The lowest BCUT2D eigenvalue weighted by molar-refractivity contribution is -0.130. The number of nitrogens with one attached hydrogen (secondary N) is 3. The zero-order chi connectivity index (χ0) is 12.1. The fraction of sp³-hybridized carbons (Fsp3) is 0.700. The van der Waals surface area contributed by atoms with Crippen molar-refractivity contribution in [2.45, 2.75) is 38.8 Å². The van der Waals surface area contributed by atoms with Gasteiger partial charge in [-0.1, -0.05) is 6.92 Å². The molecule has 0 aliphatic carbocycles. The van der Waals surface area contributed by atoms with E-state index in [1.807, 2.05) is 0 Å². The number of hydrogen-bond donors (Lipinski definition) is 3. The van der Waals surface area contributed by atoms with Crippen molar-refractivity contribution in [2.24, 2.45) is 0 Å². The number of hydrogen-bond acceptors (Lipinski definition) is 3. The van der Waals surface area contributed by atoms with Gasteiger partial charge in [0.25, 0.3) is 0 Å². The highest BCUT2D eigenvalue weighted by Gasteiger charge is 2.27. The Hall–Kier alpha value is -1.59. The van der Waals surface area contributed by atoms with Crippen molar-refractivity contribution >= 4 is 17.7 Å². The van der Waals surface area contributed by atoms with Crippen LogP contribution in [0.3, 0.4) is 0 Å². The molecule has 0 bridgehead atoms. The molecule has 6 nitrogen and oxygen atoms in total. The fourth-order valence-corrected chi connectivity index (χ4v) is 1.44. The minimum Gasteiger partial charge on any atom is -0.354 e. The van der Waals surface area contributed by atoms with Gasteiger partial charge in [-0.05, 0) is 13.3 Å². The molecule has 0 aromatic rings. The second-order valence-electron chi connectivity index (χ2n) is 3.78. The summed E-state index contributed by atoms with van der Waals surface area (Å²) in [5.74, 6) is -0.676. The van der Waals surface area contributed by atoms with Gasteiger partial charge in [-0.15, -0.1) is 0 Å². The van der Waals surface area contributed by atoms with E-state index in [2.05, 4.69) is 16.0 Å². The maximum atomic E-state index is 11.6. The monoisotopic (exact) mass is 227 g/mol. The summed E-state index contributed by atoms with van der Waals surface area (Å²) in [4.78, 5) is 33.8. The maximum absolute atomic E-state index is 11.6. The van der Waals surface area contributed by atoms with E-state index in [0.717, 1.165) is 0 Å². The van der Waals surface area contributed by atoms with Gasteiger partial charge < -0.3 is 16.0 Å². The Bertz CT molecular complexity index is 304. The number of rotatable bonds is 4. The predicted molar refractivity (Wildman–Crippen MR) is 57.5 cm³/mol. The average molecular weight is 227 g/mol. The van der Waals surface area contributed by atoms with Gasteiger partial charge in [0.15, 0.2) is 0 Å². The highest BCUT2D eigenvalue weighted by Crippen LogP contribution is 1.99. The zero-order valence-electron chi connectivity index (χ0n) is 9.50. The van der Waals surface area contributed by atoms with Crippen LogP contribution in [0.2, 0.25) is 0 Å². The lowest BCUT2D eigenvalue weighted by Gasteiger charge is -2.16. The Morgan fingerprint density at radius 2 is 2.25 bits per heavy atom. The molecular formula is C10H17N3O3. The third-order valence-electron chi connectivity index (χ3n) is 2.46. The van der Waals surface area contributed by atoms with Crippen LogP contribution in [0.15, 0.2) is 0 Å². The molecule has 1 aliphatic heterocycles. The van der Waals surface area contributed by atoms with Gasteiger partial charge in [-0.2, -0.15) is 0 Å². The van der Waals surface area contributed by atoms with Crippen molar-refractivity contribution in [2.75, 3.05) is 6.54 Å². The standard InChI is InChI=1S/C10H17N3O3/c1-3-8(14)12-6(2)9(15)13-7-4-5-11-10(7)16/h6-7H,3-5H2,1-2H3,(H,11,16)(H,12,14)(H,13,15). The minimum absolute atomic E-state index is 0.164. The Labute approximate surface area is 94.2 Å². The van der Waals surface area contributed by atoms with E-state index in [-0.39, 0.29) is 17.7 Å². The molecule has 6 heteroatoms. The molecule has 0 aromatic heterocycles. The molecule has 1 rings (SSSR count). The van der Waals surface area contributed by atoms with Crippen molar-refractivity contribution in [3.63, 3.8) is 0 Å². The number of amides is 3.